The van der Waals surface area contributed by atoms with E-state index >= 15 is 0 Å². The smallest absolute Gasteiger partial charge is 0.0781 e. The molecular formula is C16H29N3O. The molecule has 0 radical (unpaired) electrons. The predicted octanol–water partition coefficient (Wildman–Crippen LogP) is 3.12. The molecule has 1 aliphatic rings. The van der Waals surface area contributed by atoms with Gasteiger partial charge in [0.05, 0.1) is 18.3 Å². The molecule has 4 nitrogen and oxygen atoms in total. The molecule has 0 saturated heterocycles. The molecule has 1 aliphatic carbocycles. The first-order chi connectivity index (χ1) is 9.65. The Morgan fingerprint density at radius 1 is 1.40 bits per heavy atom. The monoisotopic (exact) mass is 279 g/mol. The van der Waals surface area contributed by atoms with E-state index in [4.69, 9.17) is 0 Å². The molecule has 0 aromatic carbocycles. The number of aliphatic hydroxyl groups is 1. The summed E-state index contributed by atoms with van der Waals surface area (Å²) in [6.45, 7) is 7.52. The van der Waals surface area contributed by atoms with Gasteiger partial charge in [-0.25, -0.2) is 0 Å². The van der Waals surface area contributed by atoms with E-state index in [0.29, 0.717) is 6.04 Å². The molecule has 4 heteroatoms. The van der Waals surface area contributed by atoms with Crippen molar-refractivity contribution in [2.45, 2.75) is 77.5 Å². The quantitative estimate of drug-likeness (QED) is 0.814. The van der Waals surface area contributed by atoms with Crippen LogP contribution < -0.4 is 5.32 Å². The molecule has 1 saturated carbocycles. The van der Waals surface area contributed by atoms with Gasteiger partial charge in [-0.05, 0) is 39.7 Å². The Morgan fingerprint density at radius 3 is 2.90 bits per heavy atom. The summed E-state index contributed by atoms with van der Waals surface area (Å²) >= 11 is 0. The molecule has 1 aromatic heterocycles. The molecule has 0 spiro atoms. The number of hydrogen-bond donors (Lipinski definition) is 2. The lowest BCUT2D eigenvalue weighted by molar-refractivity contribution is 0.0978. The number of aliphatic hydroxyl groups excluding tert-OH is 1. The summed E-state index contributed by atoms with van der Waals surface area (Å²) in [7, 11) is 0. The summed E-state index contributed by atoms with van der Waals surface area (Å²) in [5.41, 5.74) is 2.46. The van der Waals surface area contributed by atoms with Crippen molar-refractivity contribution < 1.29 is 5.11 Å². The van der Waals surface area contributed by atoms with Crippen molar-refractivity contribution in [3.05, 3.63) is 17.5 Å². The lowest BCUT2D eigenvalue weighted by atomic mass is 10.1. The Balaban J connectivity index is 2.14. The standard InChI is InChI=1S/C16H29N3O/c1-4-10-17-12(2)14-11-18-19(13(14)3)15-8-6-5-7-9-16(15)20/h11-12,15-17,20H,4-10H2,1-3H3. The largest absolute Gasteiger partial charge is 0.391 e. The van der Waals surface area contributed by atoms with E-state index in [9.17, 15) is 5.11 Å². The van der Waals surface area contributed by atoms with Gasteiger partial charge in [-0.15, -0.1) is 0 Å². The second-order valence-corrected chi connectivity index (χ2v) is 6.08. The van der Waals surface area contributed by atoms with E-state index in [2.05, 4.69) is 35.9 Å². The second kappa shape index (κ2) is 7.23. The molecule has 1 fully saturated rings. The minimum absolute atomic E-state index is 0.157. The van der Waals surface area contributed by atoms with Crippen molar-refractivity contribution >= 4 is 0 Å². The Labute approximate surface area is 122 Å². The fourth-order valence-corrected chi connectivity index (χ4v) is 3.22. The van der Waals surface area contributed by atoms with Crippen LogP contribution in [0.3, 0.4) is 0 Å². The molecule has 3 unspecified atom stereocenters. The number of hydrogen-bond acceptors (Lipinski definition) is 3. The Hall–Kier alpha value is -0.870. The van der Waals surface area contributed by atoms with Crippen LogP contribution in [0.5, 0.6) is 0 Å². The SMILES string of the molecule is CCCNC(C)c1cnn(C2CCCCCC2O)c1C. The summed E-state index contributed by atoms with van der Waals surface area (Å²) in [6, 6.07) is 0.483. The van der Waals surface area contributed by atoms with Crippen LogP contribution in [0.2, 0.25) is 0 Å². The second-order valence-electron chi connectivity index (χ2n) is 6.08. The first kappa shape index (κ1) is 15.5. The van der Waals surface area contributed by atoms with E-state index in [1.54, 1.807) is 0 Å². The topological polar surface area (TPSA) is 50.1 Å². The summed E-state index contributed by atoms with van der Waals surface area (Å²) in [5.74, 6) is 0. The molecule has 2 rings (SSSR count). The van der Waals surface area contributed by atoms with E-state index in [1.165, 1.54) is 24.1 Å². The van der Waals surface area contributed by atoms with E-state index < -0.39 is 0 Å². The summed E-state index contributed by atoms with van der Waals surface area (Å²) < 4.78 is 2.06. The van der Waals surface area contributed by atoms with Gasteiger partial charge < -0.3 is 10.4 Å². The number of nitrogens with zero attached hydrogens (tertiary/aromatic N) is 2. The lowest BCUT2D eigenvalue weighted by Gasteiger charge is -2.23. The van der Waals surface area contributed by atoms with Crippen LogP contribution in [-0.2, 0) is 0 Å². The maximum Gasteiger partial charge on any atom is 0.0781 e. The zero-order valence-electron chi connectivity index (χ0n) is 13.1. The third-order valence-electron chi connectivity index (χ3n) is 4.51. The van der Waals surface area contributed by atoms with Crippen LogP contribution in [0.4, 0.5) is 0 Å². The fourth-order valence-electron chi connectivity index (χ4n) is 3.22. The summed E-state index contributed by atoms with van der Waals surface area (Å²) in [4.78, 5) is 0. The van der Waals surface area contributed by atoms with Gasteiger partial charge in [0.1, 0.15) is 0 Å². The summed E-state index contributed by atoms with van der Waals surface area (Å²) in [5, 5.41) is 18.4. The Bertz CT molecular complexity index is 416. The van der Waals surface area contributed by atoms with Crippen molar-refractivity contribution in [1.82, 2.24) is 15.1 Å². The third kappa shape index (κ3) is 3.41. The van der Waals surface area contributed by atoms with Crippen LogP contribution in [0.1, 0.15) is 75.7 Å². The van der Waals surface area contributed by atoms with Gasteiger partial charge in [0.2, 0.25) is 0 Å². The molecule has 1 heterocycles. The molecule has 20 heavy (non-hydrogen) atoms. The molecular weight excluding hydrogens is 250 g/mol. The van der Waals surface area contributed by atoms with Crippen molar-refractivity contribution in [3.8, 4) is 0 Å². The van der Waals surface area contributed by atoms with Crippen molar-refractivity contribution in [3.63, 3.8) is 0 Å². The highest BCUT2D eigenvalue weighted by Crippen LogP contribution is 2.30. The van der Waals surface area contributed by atoms with E-state index in [0.717, 1.165) is 32.2 Å². The van der Waals surface area contributed by atoms with Gasteiger partial charge in [0.25, 0.3) is 0 Å². The van der Waals surface area contributed by atoms with Crippen molar-refractivity contribution in [1.29, 1.82) is 0 Å². The Morgan fingerprint density at radius 2 is 2.15 bits per heavy atom. The average molecular weight is 279 g/mol. The first-order valence-electron chi connectivity index (χ1n) is 8.10. The molecule has 0 bridgehead atoms. The lowest BCUT2D eigenvalue weighted by Crippen LogP contribution is -2.25. The van der Waals surface area contributed by atoms with Gasteiger partial charge >= 0.3 is 0 Å². The van der Waals surface area contributed by atoms with Crippen LogP contribution in [0, 0.1) is 6.92 Å². The van der Waals surface area contributed by atoms with Crippen molar-refractivity contribution in [2.24, 2.45) is 0 Å². The maximum absolute atomic E-state index is 10.3. The number of nitrogens with one attached hydrogen (secondary N) is 1. The highest BCUT2D eigenvalue weighted by Gasteiger charge is 2.26. The highest BCUT2D eigenvalue weighted by molar-refractivity contribution is 5.20. The molecule has 2 N–H and O–H groups in total. The zero-order chi connectivity index (χ0) is 14.5. The van der Waals surface area contributed by atoms with Gasteiger partial charge in [0, 0.05) is 17.3 Å². The van der Waals surface area contributed by atoms with Gasteiger partial charge in [0.15, 0.2) is 0 Å². The predicted molar refractivity (Wildman–Crippen MR) is 81.8 cm³/mol. The molecule has 114 valence electrons. The first-order valence-corrected chi connectivity index (χ1v) is 8.10. The van der Waals surface area contributed by atoms with E-state index in [1.807, 2.05) is 6.20 Å². The zero-order valence-corrected chi connectivity index (χ0v) is 13.1. The molecule has 3 atom stereocenters. The van der Waals surface area contributed by atoms with Crippen LogP contribution in [0.25, 0.3) is 0 Å². The normalized spacial score (nSPS) is 25.4. The molecule has 0 aliphatic heterocycles. The van der Waals surface area contributed by atoms with Gasteiger partial charge in [-0.3, -0.25) is 4.68 Å². The molecule has 1 aromatic rings. The minimum Gasteiger partial charge on any atom is -0.391 e. The van der Waals surface area contributed by atoms with Crippen molar-refractivity contribution in [2.75, 3.05) is 6.54 Å². The minimum atomic E-state index is -0.247. The van der Waals surface area contributed by atoms with E-state index in [-0.39, 0.29) is 12.1 Å². The average Bonchev–Trinajstić information content (AvgIpc) is 2.68. The van der Waals surface area contributed by atoms with Gasteiger partial charge in [-0.2, -0.15) is 5.10 Å². The maximum atomic E-state index is 10.3. The summed E-state index contributed by atoms with van der Waals surface area (Å²) in [6.07, 6.45) is 8.37. The van der Waals surface area contributed by atoms with Crippen LogP contribution in [-0.4, -0.2) is 27.5 Å². The van der Waals surface area contributed by atoms with Gasteiger partial charge in [-0.1, -0.05) is 26.2 Å². The number of rotatable bonds is 5. The van der Waals surface area contributed by atoms with Crippen LogP contribution in [0.15, 0.2) is 6.20 Å². The highest BCUT2D eigenvalue weighted by atomic mass is 16.3. The number of aromatic nitrogens is 2. The fraction of sp³-hybridized carbons (Fsp3) is 0.812. The third-order valence-corrected chi connectivity index (χ3v) is 4.51. The Kier molecular flexibility index (Phi) is 5.61. The van der Waals surface area contributed by atoms with Crippen LogP contribution >= 0.6 is 0 Å². The molecule has 0 amide bonds.